The van der Waals surface area contributed by atoms with Gasteiger partial charge in [0.1, 0.15) is 17.3 Å². The van der Waals surface area contributed by atoms with Gasteiger partial charge >= 0.3 is 0 Å². The molecule has 1 saturated heterocycles. The Kier molecular flexibility index (Phi) is 12.1. The van der Waals surface area contributed by atoms with E-state index in [0.717, 1.165) is 43.0 Å². The minimum atomic E-state index is -0.748. The maximum Gasteiger partial charge on any atom is 0.251 e. The van der Waals surface area contributed by atoms with Gasteiger partial charge in [-0.2, -0.15) is 0 Å². The Balaban J connectivity index is 0.00000231. The van der Waals surface area contributed by atoms with Crippen LogP contribution in [0.15, 0.2) is 60.8 Å². The van der Waals surface area contributed by atoms with Crippen molar-refractivity contribution in [1.29, 1.82) is 0 Å². The van der Waals surface area contributed by atoms with Gasteiger partial charge in [-0.15, -0.1) is 24.8 Å². The summed E-state index contributed by atoms with van der Waals surface area (Å²) in [5.74, 6) is 1.92. The second kappa shape index (κ2) is 15.2. The first-order valence-electron chi connectivity index (χ1n) is 13.4. The number of aliphatic hydroxyl groups is 1. The Morgan fingerprint density at radius 3 is 2.44 bits per heavy atom. The molecule has 5 rings (SSSR count). The van der Waals surface area contributed by atoms with E-state index in [4.69, 9.17) is 9.47 Å². The Morgan fingerprint density at radius 1 is 1.07 bits per heavy atom. The molecule has 2 aliphatic rings. The molecule has 1 atom stereocenters. The summed E-state index contributed by atoms with van der Waals surface area (Å²) in [6, 6.07) is 18.3. The van der Waals surface area contributed by atoms with Crippen LogP contribution in [0.3, 0.4) is 0 Å². The number of aliphatic hydroxyl groups excluding tert-OH is 1. The van der Waals surface area contributed by atoms with E-state index in [1.807, 2.05) is 18.2 Å². The molecule has 2 heterocycles. The SMILES string of the molecule is COc1ccc(CN(CC(O)CNC(=O)c2ccnc(NC3CNC3)c2)C2Cc3ccccc3C2)c(OC)c1.Cl.Cl. The highest BCUT2D eigenvalue weighted by molar-refractivity contribution is 5.94. The number of carbonyl (C=O) groups is 1. The molecule has 1 aromatic heterocycles. The van der Waals surface area contributed by atoms with Crippen molar-refractivity contribution in [3.05, 3.63) is 83.0 Å². The van der Waals surface area contributed by atoms with E-state index in [2.05, 4.69) is 50.1 Å². The summed E-state index contributed by atoms with van der Waals surface area (Å²) in [5.41, 5.74) is 4.22. The molecule has 1 aliphatic heterocycles. The van der Waals surface area contributed by atoms with Gasteiger partial charge in [-0.05, 0) is 42.2 Å². The molecule has 41 heavy (non-hydrogen) atoms. The number of fused-ring (bicyclic) bond motifs is 1. The number of amides is 1. The van der Waals surface area contributed by atoms with Gasteiger partial charge in [0.05, 0.1) is 26.4 Å². The molecule has 1 fully saturated rings. The highest BCUT2D eigenvalue weighted by Crippen LogP contribution is 2.30. The van der Waals surface area contributed by atoms with Crippen LogP contribution in [0.2, 0.25) is 0 Å². The zero-order valence-corrected chi connectivity index (χ0v) is 25.0. The van der Waals surface area contributed by atoms with E-state index in [9.17, 15) is 9.90 Å². The lowest BCUT2D eigenvalue weighted by molar-refractivity contribution is 0.0747. The molecule has 3 aromatic rings. The predicted octanol–water partition coefficient (Wildman–Crippen LogP) is 3.09. The standard InChI is InChI=1S/C30H37N5O4.2ClH/c1-38-27-8-7-23(28(14-27)39-2)18-35(25-11-20-5-3-4-6-21(20)12-25)19-26(36)17-33-30(37)22-9-10-32-29(13-22)34-24-15-31-16-24;;/h3-10,13-14,24-26,31,36H,11-12,15-19H2,1-2H3,(H,32,34)(H,33,37);2*1H. The molecule has 9 nitrogen and oxygen atoms in total. The predicted molar refractivity (Wildman–Crippen MR) is 165 cm³/mol. The van der Waals surface area contributed by atoms with Crippen molar-refractivity contribution >= 4 is 36.5 Å². The fourth-order valence-electron chi connectivity index (χ4n) is 5.24. The quantitative estimate of drug-likeness (QED) is 0.250. The number of methoxy groups -OCH3 is 2. The second-order valence-corrected chi connectivity index (χ2v) is 10.2. The normalized spacial score (nSPS) is 15.1. The van der Waals surface area contributed by atoms with Crippen LogP contribution >= 0.6 is 24.8 Å². The van der Waals surface area contributed by atoms with Gasteiger partial charge < -0.3 is 30.5 Å². The molecule has 0 saturated carbocycles. The Hall–Kier alpha value is -3.08. The van der Waals surface area contributed by atoms with E-state index in [1.165, 1.54) is 11.1 Å². The molecule has 2 aromatic carbocycles. The number of ether oxygens (including phenoxy) is 2. The average molecular weight is 605 g/mol. The van der Waals surface area contributed by atoms with Crippen molar-refractivity contribution in [2.45, 2.75) is 37.6 Å². The molecule has 222 valence electrons. The number of pyridine rings is 1. The van der Waals surface area contributed by atoms with Crippen LogP contribution < -0.4 is 25.4 Å². The number of hydrogen-bond donors (Lipinski definition) is 4. The van der Waals surface area contributed by atoms with Crippen molar-refractivity contribution in [1.82, 2.24) is 20.5 Å². The molecule has 0 spiro atoms. The summed E-state index contributed by atoms with van der Waals surface area (Å²) >= 11 is 0. The van der Waals surface area contributed by atoms with Crippen LogP contribution in [-0.4, -0.2) is 79.5 Å². The molecule has 1 aliphatic carbocycles. The largest absolute Gasteiger partial charge is 0.497 e. The zero-order chi connectivity index (χ0) is 27.2. The minimum absolute atomic E-state index is 0. The summed E-state index contributed by atoms with van der Waals surface area (Å²) in [5, 5.41) is 20.5. The number of hydrogen-bond acceptors (Lipinski definition) is 8. The molecule has 0 radical (unpaired) electrons. The van der Waals surface area contributed by atoms with Crippen LogP contribution in [0.1, 0.15) is 27.0 Å². The lowest BCUT2D eigenvalue weighted by Gasteiger charge is -2.31. The van der Waals surface area contributed by atoms with Gasteiger partial charge in [-0.1, -0.05) is 30.3 Å². The maximum atomic E-state index is 12.9. The first-order chi connectivity index (χ1) is 19.0. The zero-order valence-electron chi connectivity index (χ0n) is 23.3. The van der Waals surface area contributed by atoms with Crippen LogP contribution in [0, 0.1) is 0 Å². The number of anilines is 1. The number of nitrogens with zero attached hydrogens (tertiary/aromatic N) is 2. The van der Waals surface area contributed by atoms with Crippen molar-refractivity contribution < 1.29 is 19.4 Å². The number of benzene rings is 2. The second-order valence-electron chi connectivity index (χ2n) is 10.2. The molecule has 0 bridgehead atoms. The Bertz CT molecular complexity index is 1270. The van der Waals surface area contributed by atoms with E-state index in [1.54, 1.807) is 32.5 Å². The fraction of sp³-hybridized carbons (Fsp3) is 0.400. The van der Waals surface area contributed by atoms with Gasteiger partial charge in [0.2, 0.25) is 0 Å². The summed E-state index contributed by atoms with van der Waals surface area (Å²) in [4.78, 5) is 19.5. The Morgan fingerprint density at radius 2 is 1.80 bits per heavy atom. The summed E-state index contributed by atoms with van der Waals surface area (Å²) < 4.78 is 11.0. The first kappa shape index (κ1) is 32.4. The topological polar surface area (TPSA) is 108 Å². The molecular weight excluding hydrogens is 565 g/mol. The van der Waals surface area contributed by atoms with Gasteiger partial charge in [-0.25, -0.2) is 4.98 Å². The number of rotatable bonds is 12. The number of halogens is 2. The summed E-state index contributed by atoms with van der Waals surface area (Å²) in [7, 11) is 3.29. The molecule has 4 N–H and O–H groups in total. The lowest BCUT2D eigenvalue weighted by Crippen LogP contribution is -2.51. The van der Waals surface area contributed by atoms with Crippen LogP contribution in [0.25, 0.3) is 0 Å². The lowest BCUT2D eigenvalue weighted by atomic mass is 10.1. The van der Waals surface area contributed by atoms with Crippen molar-refractivity contribution in [2.24, 2.45) is 0 Å². The minimum Gasteiger partial charge on any atom is -0.497 e. The third-order valence-electron chi connectivity index (χ3n) is 7.51. The molecular formula is C30H39Cl2N5O4. The van der Waals surface area contributed by atoms with Crippen LogP contribution in [0.4, 0.5) is 5.82 Å². The fourth-order valence-corrected chi connectivity index (χ4v) is 5.24. The number of aromatic nitrogens is 1. The summed E-state index contributed by atoms with van der Waals surface area (Å²) in [6.07, 6.45) is 2.71. The number of carbonyl (C=O) groups excluding carboxylic acids is 1. The van der Waals surface area contributed by atoms with E-state index in [-0.39, 0.29) is 43.3 Å². The van der Waals surface area contributed by atoms with E-state index in [0.29, 0.717) is 30.5 Å². The molecule has 1 unspecified atom stereocenters. The average Bonchev–Trinajstić information content (AvgIpc) is 3.38. The monoisotopic (exact) mass is 603 g/mol. The first-order valence-corrected chi connectivity index (χ1v) is 13.4. The molecule has 1 amide bonds. The van der Waals surface area contributed by atoms with Gasteiger partial charge in [0, 0.05) is 62.2 Å². The van der Waals surface area contributed by atoms with Gasteiger partial charge in [-0.3, -0.25) is 9.69 Å². The third-order valence-corrected chi connectivity index (χ3v) is 7.51. The van der Waals surface area contributed by atoms with E-state index < -0.39 is 6.10 Å². The van der Waals surface area contributed by atoms with Gasteiger partial charge in [0.25, 0.3) is 5.91 Å². The Labute approximate surface area is 253 Å². The summed E-state index contributed by atoms with van der Waals surface area (Å²) in [6.45, 7) is 2.93. The maximum absolute atomic E-state index is 12.9. The van der Waals surface area contributed by atoms with Crippen molar-refractivity contribution in [3.8, 4) is 11.5 Å². The molecule has 11 heteroatoms. The van der Waals surface area contributed by atoms with Crippen LogP contribution in [0.5, 0.6) is 11.5 Å². The van der Waals surface area contributed by atoms with Crippen molar-refractivity contribution in [2.75, 3.05) is 45.7 Å². The van der Waals surface area contributed by atoms with Crippen LogP contribution in [-0.2, 0) is 19.4 Å². The van der Waals surface area contributed by atoms with E-state index >= 15 is 0 Å². The highest BCUT2D eigenvalue weighted by atomic mass is 35.5. The highest BCUT2D eigenvalue weighted by Gasteiger charge is 2.29. The number of nitrogens with one attached hydrogen (secondary N) is 3. The third kappa shape index (κ3) is 8.24. The van der Waals surface area contributed by atoms with Crippen molar-refractivity contribution in [3.63, 3.8) is 0 Å². The van der Waals surface area contributed by atoms with Gasteiger partial charge in [0.15, 0.2) is 0 Å². The smallest absolute Gasteiger partial charge is 0.251 e.